The number of amides is 2. The molecule has 0 aliphatic rings. The average Bonchev–Trinajstić information content (AvgIpc) is 2.33. The van der Waals surface area contributed by atoms with Gasteiger partial charge in [0.15, 0.2) is 0 Å². The predicted octanol–water partition coefficient (Wildman–Crippen LogP) is 1.73. The molecule has 1 heterocycles. The summed E-state index contributed by atoms with van der Waals surface area (Å²) in [6.45, 7) is 8.13. The standard InChI is InChI=1S/C15H23N3O2/c1-12(19)18(11-13-7-5-6-9-16-13)10-8-14(20)17-15(2,3)4/h5-7,9H,8,10-11H2,1-4H3,(H,17,20). The molecule has 110 valence electrons. The molecule has 1 aromatic rings. The second-order valence-corrected chi connectivity index (χ2v) is 5.81. The lowest BCUT2D eigenvalue weighted by atomic mass is 10.1. The summed E-state index contributed by atoms with van der Waals surface area (Å²) in [4.78, 5) is 29.2. The SMILES string of the molecule is CC(=O)N(CCC(=O)NC(C)(C)C)Cc1ccccn1. The van der Waals surface area contributed by atoms with Crippen LogP contribution in [-0.2, 0) is 16.1 Å². The molecule has 0 aromatic carbocycles. The van der Waals surface area contributed by atoms with E-state index >= 15 is 0 Å². The molecule has 20 heavy (non-hydrogen) atoms. The fourth-order valence-electron chi connectivity index (χ4n) is 1.75. The number of nitrogens with one attached hydrogen (secondary N) is 1. The van der Waals surface area contributed by atoms with Crippen LogP contribution in [0.2, 0.25) is 0 Å². The molecular weight excluding hydrogens is 254 g/mol. The van der Waals surface area contributed by atoms with E-state index in [1.54, 1.807) is 11.1 Å². The number of nitrogens with zero attached hydrogens (tertiary/aromatic N) is 2. The maximum Gasteiger partial charge on any atom is 0.222 e. The van der Waals surface area contributed by atoms with Crippen LogP contribution in [-0.4, -0.2) is 33.8 Å². The summed E-state index contributed by atoms with van der Waals surface area (Å²) in [7, 11) is 0. The zero-order valence-electron chi connectivity index (χ0n) is 12.6. The molecule has 5 heteroatoms. The second kappa shape index (κ2) is 7.03. The number of carbonyl (C=O) groups is 2. The van der Waals surface area contributed by atoms with Crippen LogP contribution >= 0.6 is 0 Å². The van der Waals surface area contributed by atoms with Gasteiger partial charge in [-0.05, 0) is 32.9 Å². The Hall–Kier alpha value is -1.91. The third-order valence-electron chi connectivity index (χ3n) is 2.65. The van der Waals surface area contributed by atoms with Gasteiger partial charge in [0.2, 0.25) is 11.8 Å². The minimum atomic E-state index is -0.251. The van der Waals surface area contributed by atoms with Gasteiger partial charge in [0.25, 0.3) is 0 Å². The summed E-state index contributed by atoms with van der Waals surface area (Å²) in [5.74, 6) is -0.107. The highest BCUT2D eigenvalue weighted by Crippen LogP contribution is 2.04. The largest absolute Gasteiger partial charge is 0.351 e. The molecule has 0 aliphatic carbocycles. The van der Waals surface area contributed by atoms with Gasteiger partial charge < -0.3 is 10.2 Å². The lowest BCUT2D eigenvalue weighted by Crippen LogP contribution is -2.42. The monoisotopic (exact) mass is 277 g/mol. The Balaban J connectivity index is 2.52. The van der Waals surface area contributed by atoms with E-state index in [0.29, 0.717) is 19.5 Å². The summed E-state index contributed by atoms with van der Waals surface area (Å²) >= 11 is 0. The van der Waals surface area contributed by atoms with Crippen LogP contribution in [0.4, 0.5) is 0 Å². The first-order valence-electron chi connectivity index (χ1n) is 6.74. The molecule has 2 amide bonds. The zero-order valence-corrected chi connectivity index (χ0v) is 12.6. The number of pyridine rings is 1. The van der Waals surface area contributed by atoms with Gasteiger partial charge in [0, 0.05) is 31.6 Å². The highest BCUT2D eigenvalue weighted by molar-refractivity contribution is 5.78. The molecule has 1 aromatic heterocycles. The lowest BCUT2D eigenvalue weighted by molar-refractivity contribution is -0.130. The molecule has 1 rings (SSSR count). The van der Waals surface area contributed by atoms with E-state index in [1.807, 2.05) is 39.0 Å². The third kappa shape index (κ3) is 6.31. The second-order valence-electron chi connectivity index (χ2n) is 5.81. The first-order chi connectivity index (χ1) is 9.28. The number of hydrogen-bond donors (Lipinski definition) is 1. The van der Waals surface area contributed by atoms with E-state index in [4.69, 9.17) is 0 Å². The molecule has 0 saturated carbocycles. The Labute approximate surface area is 120 Å². The van der Waals surface area contributed by atoms with E-state index in [0.717, 1.165) is 5.69 Å². The first kappa shape index (κ1) is 16.1. The van der Waals surface area contributed by atoms with E-state index in [-0.39, 0.29) is 17.4 Å². The normalized spacial score (nSPS) is 11.0. The van der Waals surface area contributed by atoms with Crippen molar-refractivity contribution in [2.45, 2.75) is 46.2 Å². The van der Waals surface area contributed by atoms with Crippen LogP contribution < -0.4 is 5.32 Å². The van der Waals surface area contributed by atoms with Gasteiger partial charge in [-0.25, -0.2) is 0 Å². The van der Waals surface area contributed by atoms with Crippen LogP contribution in [0, 0.1) is 0 Å². The molecule has 0 spiro atoms. The Bertz CT molecular complexity index is 452. The van der Waals surface area contributed by atoms with Crippen molar-refractivity contribution in [3.8, 4) is 0 Å². The van der Waals surface area contributed by atoms with Crippen LogP contribution in [0.3, 0.4) is 0 Å². The minimum absolute atomic E-state index is 0.0511. The van der Waals surface area contributed by atoms with Crippen LogP contribution in [0.25, 0.3) is 0 Å². The Kier molecular flexibility index (Phi) is 5.67. The Morgan fingerprint density at radius 1 is 1.30 bits per heavy atom. The molecule has 0 fully saturated rings. The summed E-state index contributed by atoms with van der Waals surface area (Å²) in [6.07, 6.45) is 1.99. The molecule has 1 N–H and O–H groups in total. The molecule has 0 unspecified atom stereocenters. The summed E-state index contributed by atoms with van der Waals surface area (Å²) in [5, 5.41) is 2.88. The maximum absolute atomic E-state index is 11.8. The van der Waals surface area contributed by atoms with Crippen molar-refractivity contribution in [2.24, 2.45) is 0 Å². The van der Waals surface area contributed by atoms with Crippen molar-refractivity contribution in [3.05, 3.63) is 30.1 Å². The van der Waals surface area contributed by atoms with Gasteiger partial charge in [-0.1, -0.05) is 6.07 Å². The number of aromatic nitrogens is 1. The van der Waals surface area contributed by atoms with Crippen LogP contribution in [0.1, 0.15) is 39.8 Å². The van der Waals surface area contributed by atoms with E-state index in [9.17, 15) is 9.59 Å². The Morgan fingerprint density at radius 3 is 2.50 bits per heavy atom. The lowest BCUT2D eigenvalue weighted by Gasteiger charge is -2.23. The fraction of sp³-hybridized carbons (Fsp3) is 0.533. The summed E-state index contributed by atoms with van der Waals surface area (Å²) in [5.41, 5.74) is 0.568. The predicted molar refractivity (Wildman–Crippen MR) is 77.8 cm³/mol. The minimum Gasteiger partial charge on any atom is -0.351 e. The van der Waals surface area contributed by atoms with Crippen molar-refractivity contribution in [3.63, 3.8) is 0 Å². The number of rotatable bonds is 5. The van der Waals surface area contributed by atoms with Crippen molar-refractivity contribution >= 4 is 11.8 Å². The van der Waals surface area contributed by atoms with Crippen molar-refractivity contribution in [1.82, 2.24) is 15.2 Å². The van der Waals surface area contributed by atoms with Crippen molar-refractivity contribution in [2.75, 3.05) is 6.54 Å². The molecular formula is C15H23N3O2. The highest BCUT2D eigenvalue weighted by atomic mass is 16.2. The van der Waals surface area contributed by atoms with Crippen molar-refractivity contribution in [1.29, 1.82) is 0 Å². The van der Waals surface area contributed by atoms with Gasteiger partial charge in [-0.2, -0.15) is 0 Å². The van der Waals surface area contributed by atoms with Gasteiger partial charge in [-0.3, -0.25) is 14.6 Å². The van der Waals surface area contributed by atoms with E-state index < -0.39 is 0 Å². The molecule has 5 nitrogen and oxygen atoms in total. The van der Waals surface area contributed by atoms with E-state index in [1.165, 1.54) is 6.92 Å². The van der Waals surface area contributed by atoms with Gasteiger partial charge in [0.1, 0.15) is 0 Å². The van der Waals surface area contributed by atoms with Gasteiger partial charge >= 0.3 is 0 Å². The van der Waals surface area contributed by atoms with E-state index in [2.05, 4.69) is 10.3 Å². The van der Waals surface area contributed by atoms with Gasteiger partial charge in [0.05, 0.1) is 12.2 Å². The van der Waals surface area contributed by atoms with Gasteiger partial charge in [-0.15, -0.1) is 0 Å². The average molecular weight is 277 g/mol. The fourth-order valence-corrected chi connectivity index (χ4v) is 1.75. The molecule has 0 atom stereocenters. The van der Waals surface area contributed by atoms with Crippen LogP contribution in [0.15, 0.2) is 24.4 Å². The Morgan fingerprint density at radius 2 is 2.00 bits per heavy atom. The molecule has 0 aliphatic heterocycles. The quantitative estimate of drug-likeness (QED) is 0.891. The number of hydrogen-bond acceptors (Lipinski definition) is 3. The molecule has 0 radical (unpaired) electrons. The smallest absolute Gasteiger partial charge is 0.222 e. The zero-order chi connectivity index (χ0) is 15.2. The first-order valence-corrected chi connectivity index (χ1v) is 6.74. The highest BCUT2D eigenvalue weighted by Gasteiger charge is 2.16. The van der Waals surface area contributed by atoms with Crippen LogP contribution in [0.5, 0.6) is 0 Å². The topological polar surface area (TPSA) is 62.3 Å². The molecule has 0 bridgehead atoms. The number of carbonyl (C=O) groups excluding carboxylic acids is 2. The third-order valence-corrected chi connectivity index (χ3v) is 2.65. The molecule has 0 saturated heterocycles. The summed E-state index contributed by atoms with van der Waals surface area (Å²) in [6, 6.07) is 5.58. The maximum atomic E-state index is 11.8. The summed E-state index contributed by atoms with van der Waals surface area (Å²) < 4.78 is 0. The van der Waals surface area contributed by atoms with Crippen molar-refractivity contribution < 1.29 is 9.59 Å².